The van der Waals surface area contributed by atoms with Crippen LogP contribution in [-0.2, 0) is 4.74 Å². The van der Waals surface area contributed by atoms with Crippen molar-refractivity contribution in [2.75, 3.05) is 26.8 Å². The molecule has 128 valence electrons. The lowest BCUT2D eigenvalue weighted by molar-refractivity contribution is 0.179. The summed E-state index contributed by atoms with van der Waals surface area (Å²) in [5, 5.41) is 10.6. The second-order valence-electron chi connectivity index (χ2n) is 5.36. The van der Waals surface area contributed by atoms with Gasteiger partial charge in [-0.1, -0.05) is 12.1 Å². The largest absolute Gasteiger partial charge is 0.383 e. The molecule has 1 heterocycles. The Balaban J connectivity index is 0.00000441. The van der Waals surface area contributed by atoms with E-state index in [1.165, 1.54) is 0 Å². The quantitative estimate of drug-likeness (QED) is 0.400. The van der Waals surface area contributed by atoms with Gasteiger partial charge in [-0.15, -0.1) is 24.0 Å². The van der Waals surface area contributed by atoms with E-state index in [4.69, 9.17) is 9.26 Å². The lowest BCUT2D eigenvalue weighted by atomic mass is 10.00. The molecule has 0 aliphatic rings. The summed E-state index contributed by atoms with van der Waals surface area (Å²) in [7, 11) is 1.70. The molecule has 22 heavy (non-hydrogen) atoms. The Morgan fingerprint density at radius 3 is 2.55 bits per heavy atom. The second kappa shape index (κ2) is 10.8. The molecule has 0 saturated heterocycles. The van der Waals surface area contributed by atoms with Crippen molar-refractivity contribution in [3.63, 3.8) is 0 Å². The first kappa shape index (κ1) is 21.2. The van der Waals surface area contributed by atoms with E-state index in [0.717, 1.165) is 29.5 Å². The molecule has 1 aromatic rings. The van der Waals surface area contributed by atoms with Crippen LogP contribution in [0.1, 0.15) is 43.7 Å². The summed E-state index contributed by atoms with van der Waals surface area (Å²) in [5.41, 5.74) is 2.10. The van der Waals surface area contributed by atoms with E-state index in [0.29, 0.717) is 13.2 Å². The van der Waals surface area contributed by atoms with Gasteiger partial charge in [0.1, 0.15) is 5.76 Å². The third kappa shape index (κ3) is 6.51. The highest BCUT2D eigenvalue weighted by molar-refractivity contribution is 14.0. The van der Waals surface area contributed by atoms with Crippen LogP contribution in [0.15, 0.2) is 9.52 Å². The minimum atomic E-state index is 0. The summed E-state index contributed by atoms with van der Waals surface area (Å²) >= 11 is 0. The summed E-state index contributed by atoms with van der Waals surface area (Å²) < 4.78 is 10.4. The van der Waals surface area contributed by atoms with Crippen LogP contribution in [-0.4, -0.2) is 44.0 Å². The lowest BCUT2D eigenvalue weighted by Gasteiger charge is -2.18. The minimum Gasteiger partial charge on any atom is -0.383 e. The first-order chi connectivity index (χ1) is 9.99. The number of methoxy groups -OCH3 is 1. The minimum absolute atomic E-state index is 0. The van der Waals surface area contributed by atoms with Crippen LogP contribution < -0.4 is 10.6 Å². The van der Waals surface area contributed by atoms with Gasteiger partial charge in [-0.3, -0.25) is 4.99 Å². The third-order valence-electron chi connectivity index (χ3n) is 3.25. The lowest BCUT2D eigenvalue weighted by Crippen LogP contribution is -2.44. The van der Waals surface area contributed by atoms with Gasteiger partial charge in [0.05, 0.1) is 12.3 Å². The number of halogens is 1. The molecule has 1 rings (SSSR count). The standard InChI is InChI=1S/C15H28N4O2.HI/c1-7-16-15(18-11(3)9-20-6)17-8-10(2)14-12(4)19-21-13(14)5;/h10-11H,7-9H2,1-6H3,(H2,16,17,18);1H. The molecule has 2 N–H and O–H groups in total. The predicted molar refractivity (Wildman–Crippen MR) is 100 cm³/mol. The van der Waals surface area contributed by atoms with Gasteiger partial charge in [-0.05, 0) is 27.7 Å². The number of nitrogens with zero attached hydrogens (tertiary/aromatic N) is 2. The number of aliphatic imine (C=N–C) groups is 1. The third-order valence-corrected chi connectivity index (χ3v) is 3.25. The van der Waals surface area contributed by atoms with Gasteiger partial charge in [0.2, 0.25) is 0 Å². The van der Waals surface area contributed by atoms with Gasteiger partial charge >= 0.3 is 0 Å². The summed E-state index contributed by atoms with van der Waals surface area (Å²) in [5.74, 6) is 1.95. The van der Waals surface area contributed by atoms with Crippen LogP contribution in [0.5, 0.6) is 0 Å². The number of nitrogens with one attached hydrogen (secondary N) is 2. The molecule has 2 unspecified atom stereocenters. The predicted octanol–water partition coefficient (Wildman–Crippen LogP) is 2.60. The van der Waals surface area contributed by atoms with Gasteiger partial charge in [0.15, 0.2) is 5.96 Å². The van der Waals surface area contributed by atoms with E-state index in [-0.39, 0.29) is 35.9 Å². The van der Waals surface area contributed by atoms with Gasteiger partial charge in [-0.2, -0.15) is 0 Å². The topological polar surface area (TPSA) is 71.7 Å². The highest BCUT2D eigenvalue weighted by Crippen LogP contribution is 2.23. The van der Waals surface area contributed by atoms with Crippen molar-refractivity contribution in [1.82, 2.24) is 15.8 Å². The number of aromatic nitrogens is 1. The highest BCUT2D eigenvalue weighted by atomic mass is 127. The van der Waals surface area contributed by atoms with E-state index in [1.54, 1.807) is 7.11 Å². The summed E-state index contributed by atoms with van der Waals surface area (Å²) in [6.07, 6.45) is 0. The van der Waals surface area contributed by atoms with E-state index in [9.17, 15) is 0 Å². The molecule has 0 aliphatic carbocycles. The fourth-order valence-corrected chi connectivity index (χ4v) is 2.36. The van der Waals surface area contributed by atoms with Crippen molar-refractivity contribution in [3.8, 4) is 0 Å². The van der Waals surface area contributed by atoms with E-state index >= 15 is 0 Å². The number of aryl methyl sites for hydroxylation is 2. The maximum atomic E-state index is 5.22. The molecule has 0 spiro atoms. The number of hydrogen-bond acceptors (Lipinski definition) is 4. The fraction of sp³-hybridized carbons (Fsp3) is 0.733. The Morgan fingerprint density at radius 2 is 2.05 bits per heavy atom. The van der Waals surface area contributed by atoms with Gasteiger partial charge in [0.25, 0.3) is 0 Å². The SMILES string of the molecule is CCNC(=NCC(C)c1c(C)noc1C)NC(C)COC.I. The van der Waals surface area contributed by atoms with Crippen LogP contribution in [0, 0.1) is 13.8 Å². The van der Waals surface area contributed by atoms with E-state index in [2.05, 4.69) is 41.6 Å². The number of ether oxygens (including phenoxy) is 1. The van der Waals surface area contributed by atoms with E-state index < -0.39 is 0 Å². The molecule has 7 heteroatoms. The van der Waals surface area contributed by atoms with Crippen LogP contribution in [0.3, 0.4) is 0 Å². The molecule has 2 atom stereocenters. The maximum absolute atomic E-state index is 5.22. The first-order valence-electron chi connectivity index (χ1n) is 7.46. The Labute approximate surface area is 150 Å². The van der Waals surface area contributed by atoms with Crippen LogP contribution in [0.4, 0.5) is 0 Å². The molecular weight excluding hydrogens is 395 g/mol. The van der Waals surface area contributed by atoms with Gasteiger partial charge < -0.3 is 19.9 Å². The molecule has 0 aromatic carbocycles. The average Bonchev–Trinajstić information content (AvgIpc) is 2.76. The summed E-state index contributed by atoms with van der Waals surface area (Å²) in [6, 6.07) is 0.210. The van der Waals surface area contributed by atoms with Crippen molar-refractivity contribution in [2.45, 2.75) is 46.6 Å². The molecule has 0 saturated carbocycles. The molecule has 0 radical (unpaired) electrons. The monoisotopic (exact) mass is 424 g/mol. The molecule has 6 nitrogen and oxygen atoms in total. The van der Waals surface area contributed by atoms with E-state index in [1.807, 2.05) is 13.8 Å². The molecule has 0 amide bonds. The van der Waals surface area contributed by atoms with Gasteiger partial charge in [0, 0.05) is 37.7 Å². The maximum Gasteiger partial charge on any atom is 0.191 e. The molecule has 0 fully saturated rings. The zero-order valence-electron chi connectivity index (χ0n) is 14.4. The fourth-order valence-electron chi connectivity index (χ4n) is 2.36. The first-order valence-corrected chi connectivity index (χ1v) is 7.46. The normalized spacial score (nSPS) is 14.2. The second-order valence-corrected chi connectivity index (χ2v) is 5.36. The Morgan fingerprint density at radius 1 is 1.36 bits per heavy atom. The zero-order chi connectivity index (χ0) is 15.8. The summed E-state index contributed by atoms with van der Waals surface area (Å²) in [4.78, 5) is 4.64. The molecular formula is C15H29IN4O2. The van der Waals surface area contributed by atoms with Gasteiger partial charge in [-0.25, -0.2) is 0 Å². The van der Waals surface area contributed by atoms with Crippen LogP contribution in [0.25, 0.3) is 0 Å². The average molecular weight is 424 g/mol. The van der Waals surface area contributed by atoms with Crippen LogP contribution >= 0.6 is 24.0 Å². The smallest absolute Gasteiger partial charge is 0.191 e. The highest BCUT2D eigenvalue weighted by Gasteiger charge is 2.16. The van der Waals surface area contributed by atoms with Crippen molar-refractivity contribution < 1.29 is 9.26 Å². The van der Waals surface area contributed by atoms with Crippen molar-refractivity contribution >= 4 is 29.9 Å². The summed E-state index contributed by atoms with van der Waals surface area (Å²) in [6.45, 7) is 12.3. The molecule has 0 bridgehead atoms. The van der Waals surface area contributed by atoms with Crippen LogP contribution in [0.2, 0.25) is 0 Å². The number of hydrogen-bond donors (Lipinski definition) is 2. The Hall–Kier alpha value is -0.830. The van der Waals surface area contributed by atoms with Crippen molar-refractivity contribution in [1.29, 1.82) is 0 Å². The Kier molecular flexibility index (Phi) is 10.4. The number of guanidine groups is 1. The number of rotatable bonds is 7. The molecule has 1 aromatic heterocycles. The Bertz CT molecular complexity index is 443. The molecule has 0 aliphatic heterocycles. The van der Waals surface area contributed by atoms with Crippen molar-refractivity contribution in [2.24, 2.45) is 4.99 Å². The van der Waals surface area contributed by atoms with Crippen molar-refractivity contribution in [3.05, 3.63) is 17.0 Å². The zero-order valence-corrected chi connectivity index (χ0v) is 16.7.